The van der Waals surface area contributed by atoms with Crippen LogP contribution in [0.2, 0.25) is 0 Å². The minimum atomic E-state index is -0.250. The molecule has 0 unspecified atom stereocenters. The fourth-order valence-electron chi connectivity index (χ4n) is 3.89. The molecule has 11 nitrogen and oxygen atoms in total. The van der Waals surface area contributed by atoms with Gasteiger partial charge in [-0.25, -0.2) is 4.98 Å². The molecule has 4 heterocycles. The van der Waals surface area contributed by atoms with Gasteiger partial charge in [-0.15, -0.1) is 0 Å². The summed E-state index contributed by atoms with van der Waals surface area (Å²) in [5.41, 5.74) is 3.01. The quantitative estimate of drug-likeness (QED) is 0.499. The number of benzene rings is 1. The molecule has 2 aliphatic rings. The molecule has 0 radical (unpaired) electrons. The van der Waals surface area contributed by atoms with Gasteiger partial charge in [-0.05, 0) is 29.8 Å². The molecule has 172 valence electrons. The fourth-order valence-corrected chi connectivity index (χ4v) is 3.89. The zero-order valence-electron chi connectivity index (χ0n) is 17.9. The van der Waals surface area contributed by atoms with Crippen LogP contribution >= 0.6 is 0 Å². The zero-order valence-corrected chi connectivity index (χ0v) is 17.9. The van der Waals surface area contributed by atoms with Gasteiger partial charge in [0.15, 0.2) is 0 Å². The number of aromatic nitrogens is 4. The van der Waals surface area contributed by atoms with E-state index in [0.29, 0.717) is 50.5 Å². The maximum absolute atomic E-state index is 13.0. The van der Waals surface area contributed by atoms with E-state index >= 15 is 0 Å². The Balaban J connectivity index is 0.000000821. The first-order valence-electron chi connectivity index (χ1n) is 10.5. The normalized spacial score (nSPS) is 14.1. The Hall–Kier alpha value is -4.15. The zero-order chi connectivity index (χ0) is 23.2. The number of carboxylic acid groups (broad SMARTS) is 1. The van der Waals surface area contributed by atoms with Crippen molar-refractivity contribution in [3.05, 3.63) is 65.0 Å². The first kappa shape index (κ1) is 22.1. The third-order valence-electron chi connectivity index (χ3n) is 5.53. The molecule has 0 bridgehead atoms. The van der Waals surface area contributed by atoms with Crippen LogP contribution in [0.3, 0.4) is 0 Å². The van der Waals surface area contributed by atoms with Crippen molar-refractivity contribution in [2.24, 2.45) is 0 Å². The lowest BCUT2D eigenvalue weighted by atomic mass is 10.1. The summed E-state index contributed by atoms with van der Waals surface area (Å²) in [7, 11) is 0. The third kappa shape index (κ3) is 5.03. The van der Waals surface area contributed by atoms with E-state index in [1.165, 1.54) is 0 Å². The molecule has 0 saturated heterocycles. The predicted octanol–water partition coefficient (Wildman–Crippen LogP) is 0.870. The van der Waals surface area contributed by atoms with Gasteiger partial charge in [-0.2, -0.15) is 5.10 Å². The summed E-state index contributed by atoms with van der Waals surface area (Å²) in [6.07, 6.45) is 4.85. The van der Waals surface area contributed by atoms with Gasteiger partial charge >= 0.3 is 0 Å². The van der Waals surface area contributed by atoms with Crippen LogP contribution in [0.1, 0.15) is 37.9 Å². The first-order valence-corrected chi connectivity index (χ1v) is 10.5. The molecule has 1 aromatic carbocycles. The molecule has 11 heteroatoms. The van der Waals surface area contributed by atoms with E-state index in [9.17, 15) is 9.59 Å². The summed E-state index contributed by atoms with van der Waals surface area (Å²) < 4.78 is 7.49. The van der Waals surface area contributed by atoms with Gasteiger partial charge in [0.2, 0.25) is 0 Å². The maximum atomic E-state index is 13.0. The van der Waals surface area contributed by atoms with Crippen molar-refractivity contribution < 1.29 is 24.2 Å². The van der Waals surface area contributed by atoms with Crippen LogP contribution in [0, 0.1) is 0 Å². The van der Waals surface area contributed by atoms with Gasteiger partial charge in [-0.1, -0.05) is 0 Å². The molecule has 0 spiro atoms. The average Bonchev–Trinajstić information content (AvgIpc) is 3.56. The Morgan fingerprint density at radius 2 is 2.06 bits per heavy atom. The highest BCUT2D eigenvalue weighted by atomic mass is 16.5. The lowest BCUT2D eigenvalue weighted by Gasteiger charge is -2.20. The van der Waals surface area contributed by atoms with Crippen molar-refractivity contribution in [3.8, 4) is 5.75 Å². The van der Waals surface area contributed by atoms with Gasteiger partial charge in [-0.3, -0.25) is 19.5 Å². The van der Waals surface area contributed by atoms with E-state index in [-0.39, 0.29) is 18.3 Å². The van der Waals surface area contributed by atoms with Gasteiger partial charge in [0.05, 0.1) is 18.8 Å². The van der Waals surface area contributed by atoms with Gasteiger partial charge < -0.3 is 24.6 Å². The average molecular weight is 452 g/mol. The van der Waals surface area contributed by atoms with E-state index in [1.54, 1.807) is 12.4 Å². The van der Waals surface area contributed by atoms with Crippen molar-refractivity contribution in [2.45, 2.75) is 25.9 Å². The fraction of sp³-hybridized carbons (Fsp3) is 0.318. The number of carbonyl (C=O) groups excluding carboxylic acids is 2. The highest BCUT2D eigenvalue weighted by molar-refractivity contribution is 5.95. The number of carbonyl (C=O) groups is 3. The number of H-pyrrole nitrogens is 1. The van der Waals surface area contributed by atoms with Crippen LogP contribution in [0.15, 0.2) is 36.7 Å². The van der Waals surface area contributed by atoms with Crippen LogP contribution in [0.4, 0.5) is 0 Å². The highest BCUT2D eigenvalue weighted by Gasteiger charge is 2.23. The van der Waals surface area contributed by atoms with E-state index in [2.05, 4.69) is 20.5 Å². The van der Waals surface area contributed by atoms with Crippen molar-refractivity contribution in [3.63, 3.8) is 0 Å². The second kappa shape index (κ2) is 9.98. The summed E-state index contributed by atoms with van der Waals surface area (Å²) in [6, 6.07) is 7.46. The molecular weight excluding hydrogens is 428 g/mol. The number of nitrogens with zero attached hydrogens (tertiary/aromatic N) is 4. The number of aromatic amines is 1. The second-order valence-electron chi connectivity index (χ2n) is 7.57. The number of nitrogens with one attached hydrogen (secondary N) is 2. The van der Waals surface area contributed by atoms with Crippen LogP contribution in [0.25, 0.3) is 0 Å². The summed E-state index contributed by atoms with van der Waals surface area (Å²) >= 11 is 0. The molecule has 0 saturated carbocycles. The van der Waals surface area contributed by atoms with E-state index < -0.39 is 0 Å². The largest absolute Gasteiger partial charge is 0.493 e. The Labute approximate surface area is 189 Å². The third-order valence-corrected chi connectivity index (χ3v) is 5.53. The maximum Gasteiger partial charge on any atom is 0.290 e. The van der Waals surface area contributed by atoms with Crippen LogP contribution in [-0.2, 0) is 30.7 Å². The standard InChI is InChI=1S/C21H22N6O3.CH2O2/c28-20(22-12-16-3-6-23-25-16)17-13-27-9-8-26(7-4-19(27)24-17)21(29)15-1-2-18-14(11-15)5-10-30-18;2-1-3/h1-3,6,11,13H,4-5,7-10,12H2,(H,22,28)(H,23,25);1H,(H,2,3). The Morgan fingerprint density at radius 1 is 1.21 bits per heavy atom. The summed E-state index contributed by atoms with van der Waals surface area (Å²) in [5.74, 6) is 1.49. The van der Waals surface area contributed by atoms with E-state index in [0.717, 1.165) is 29.3 Å². The van der Waals surface area contributed by atoms with Crippen LogP contribution < -0.4 is 10.1 Å². The molecule has 0 atom stereocenters. The molecule has 0 aliphatic carbocycles. The minimum Gasteiger partial charge on any atom is -0.493 e. The van der Waals surface area contributed by atoms with Gasteiger partial charge in [0, 0.05) is 50.4 Å². The van der Waals surface area contributed by atoms with Crippen molar-refractivity contribution in [2.75, 3.05) is 19.7 Å². The predicted molar refractivity (Wildman–Crippen MR) is 116 cm³/mol. The lowest BCUT2D eigenvalue weighted by Crippen LogP contribution is -2.33. The number of hydrogen-bond acceptors (Lipinski definition) is 6. The van der Waals surface area contributed by atoms with E-state index in [1.807, 2.05) is 33.7 Å². The molecule has 2 aliphatic heterocycles. The second-order valence-corrected chi connectivity index (χ2v) is 7.57. The van der Waals surface area contributed by atoms with Crippen LogP contribution in [0.5, 0.6) is 5.75 Å². The van der Waals surface area contributed by atoms with Crippen LogP contribution in [-0.4, -0.2) is 67.7 Å². The number of amides is 2. The van der Waals surface area contributed by atoms with E-state index in [4.69, 9.17) is 14.6 Å². The molecule has 2 aromatic heterocycles. The Kier molecular flexibility index (Phi) is 6.67. The molecular formula is C22H24N6O5. The molecule has 33 heavy (non-hydrogen) atoms. The topological polar surface area (TPSA) is 142 Å². The lowest BCUT2D eigenvalue weighted by molar-refractivity contribution is -0.122. The van der Waals surface area contributed by atoms with Crippen molar-refractivity contribution >= 4 is 18.3 Å². The monoisotopic (exact) mass is 452 g/mol. The summed E-state index contributed by atoms with van der Waals surface area (Å²) in [4.78, 5) is 40.1. The van der Waals surface area contributed by atoms with Gasteiger partial charge in [0.1, 0.15) is 17.3 Å². The molecule has 3 aromatic rings. The summed E-state index contributed by atoms with van der Waals surface area (Å²) in [6.45, 7) is 2.55. The molecule has 3 N–H and O–H groups in total. The molecule has 2 amide bonds. The number of fused-ring (bicyclic) bond motifs is 2. The molecule has 5 rings (SSSR count). The number of rotatable bonds is 4. The molecule has 0 fully saturated rings. The number of hydrogen-bond donors (Lipinski definition) is 3. The van der Waals surface area contributed by atoms with Crippen molar-refractivity contribution in [1.29, 1.82) is 0 Å². The van der Waals surface area contributed by atoms with Crippen molar-refractivity contribution in [1.82, 2.24) is 30.0 Å². The highest BCUT2D eigenvalue weighted by Crippen LogP contribution is 2.26. The first-order chi connectivity index (χ1) is 16.1. The Morgan fingerprint density at radius 3 is 2.85 bits per heavy atom. The Bertz CT molecular complexity index is 1110. The minimum absolute atomic E-state index is 0.0213. The SMILES string of the molecule is O=C(NCc1ccn[nH]1)c1cn2c(n1)CCN(C(=O)c1ccc3c(c1)CCO3)CC2.O=CO. The smallest absolute Gasteiger partial charge is 0.290 e. The number of imidazole rings is 1. The van der Waals surface area contributed by atoms with Gasteiger partial charge in [0.25, 0.3) is 18.3 Å². The number of ether oxygens (including phenoxy) is 1. The summed E-state index contributed by atoms with van der Waals surface area (Å²) in [5, 5.41) is 16.4.